The molecule has 0 saturated carbocycles. The largest absolute Gasteiger partial charge is 0.375 e. The number of thiophene rings is 1. The van der Waals surface area contributed by atoms with Gasteiger partial charge < -0.3 is 5.11 Å². The molecule has 6 heteroatoms. The van der Waals surface area contributed by atoms with Crippen LogP contribution in [-0.2, 0) is 10.4 Å². The molecule has 1 N–H and O–H groups in total. The van der Waals surface area contributed by atoms with Crippen molar-refractivity contribution in [1.82, 2.24) is 0 Å². The van der Waals surface area contributed by atoms with Gasteiger partial charge in [0.1, 0.15) is 0 Å². The van der Waals surface area contributed by atoms with Gasteiger partial charge in [-0.25, -0.2) is 0 Å². The van der Waals surface area contributed by atoms with E-state index in [9.17, 15) is 14.7 Å². The molecular formula is C17H12ClNO3S. The van der Waals surface area contributed by atoms with Crippen molar-refractivity contribution >= 4 is 40.3 Å². The van der Waals surface area contributed by atoms with Crippen LogP contribution in [-0.4, -0.2) is 23.3 Å². The Morgan fingerprint density at radius 3 is 2.74 bits per heavy atom. The van der Waals surface area contributed by atoms with Crippen molar-refractivity contribution in [2.75, 3.05) is 11.4 Å². The highest BCUT2D eigenvalue weighted by molar-refractivity contribution is 7.18. The molecule has 3 rings (SSSR count). The SMILES string of the molecule is C#CCN1C(=O)[C@@](O)(CC(=O)c2ccc(Cl)s2)c2ccccc21. The molecule has 0 radical (unpaired) electrons. The number of Topliss-reactive ketones (excluding diaryl/α,β-unsaturated/α-hetero) is 1. The number of halogens is 1. The van der Waals surface area contributed by atoms with Crippen molar-refractivity contribution in [3.8, 4) is 12.3 Å². The molecule has 1 aliphatic heterocycles. The number of aliphatic hydroxyl groups is 1. The van der Waals surface area contributed by atoms with E-state index in [1.54, 1.807) is 36.4 Å². The van der Waals surface area contributed by atoms with Gasteiger partial charge in [-0.2, -0.15) is 0 Å². The minimum atomic E-state index is -1.90. The van der Waals surface area contributed by atoms with E-state index >= 15 is 0 Å². The van der Waals surface area contributed by atoms with Crippen LogP contribution in [0.5, 0.6) is 0 Å². The van der Waals surface area contributed by atoms with Gasteiger partial charge in [0.05, 0.1) is 27.9 Å². The first-order valence-electron chi connectivity index (χ1n) is 6.83. The first kappa shape index (κ1) is 15.8. The van der Waals surface area contributed by atoms with Crippen LogP contribution >= 0.6 is 22.9 Å². The lowest BCUT2D eigenvalue weighted by molar-refractivity contribution is -0.135. The Balaban J connectivity index is 1.99. The fraction of sp³-hybridized carbons (Fsp3) is 0.176. The number of terminal acetylenes is 1. The molecular weight excluding hydrogens is 334 g/mol. The van der Waals surface area contributed by atoms with Gasteiger partial charge in [-0.3, -0.25) is 14.5 Å². The summed E-state index contributed by atoms with van der Waals surface area (Å²) in [6, 6.07) is 10.0. The first-order chi connectivity index (χ1) is 11.0. The van der Waals surface area contributed by atoms with Gasteiger partial charge in [-0.05, 0) is 18.2 Å². The molecule has 1 atom stereocenters. The Kier molecular flexibility index (Phi) is 3.99. The number of hydrogen-bond acceptors (Lipinski definition) is 4. The maximum absolute atomic E-state index is 12.7. The smallest absolute Gasteiger partial charge is 0.265 e. The second-order valence-corrected chi connectivity index (χ2v) is 6.89. The number of benzene rings is 1. The molecule has 0 saturated heterocycles. The summed E-state index contributed by atoms with van der Waals surface area (Å²) in [6.07, 6.45) is 4.96. The molecule has 0 fully saturated rings. The number of amides is 1. The standard InChI is InChI=1S/C17H12ClNO3S/c1-2-9-19-12-6-4-3-5-11(12)17(22,16(19)21)10-13(20)14-7-8-15(18)23-14/h1,3-8,22H,9-10H2/t17-/m1/s1. The van der Waals surface area contributed by atoms with Crippen LogP contribution in [0.4, 0.5) is 5.69 Å². The van der Waals surface area contributed by atoms with Crippen LogP contribution in [0.3, 0.4) is 0 Å². The van der Waals surface area contributed by atoms with E-state index in [0.29, 0.717) is 20.5 Å². The Morgan fingerprint density at radius 1 is 1.35 bits per heavy atom. The quantitative estimate of drug-likeness (QED) is 0.684. The number of fused-ring (bicyclic) bond motifs is 1. The maximum atomic E-state index is 12.7. The molecule has 23 heavy (non-hydrogen) atoms. The van der Waals surface area contributed by atoms with Crippen LogP contribution in [0.25, 0.3) is 0 Å². The minimum absolute atomic E-state index is 0.0389. The number of para-hydroxylation sites is 1. The van der Waals surface area contributed by atoms with Crippen molar-refractivity contribution in [2.24, 2.45) is 0 Å². The summed E-state index contributed by atoms with van der Waals surface area (Å²) in [7, 11) is 0. The lowest BCUT2D eigenvalue weighted by Gasteiger charge is -2.21. The van der Waals surface area contributed by atoms with Gasteiger partial charge in [-0.15, -0.1) is 17.8 Å². The Labute approximate surface area is 142 Å². The van der Waals surface area contributed by atoms with E-state index < -0.39 is 11.5 Å². The number of carbonyl (C=O) groups is 2. The van der Waals surface area contributed by atoms with E-state index in [1.165, 1.54) is 4.90 Å². The van der Waals surface area contributed by atoms with Crippen molar-refractivity contribution in [3.63, 3.8) is 0 Å². The maximum Gasteiger partial charge on any atom is 0.265 e. The van der Waals surface area contributed by atoms with E-state index in [1.807, 2.05) is 0 Å². The summed E-state index contributed by atoms with van der Waals surface area (Å²) in [6.45, 7) is 0.0389. The van der Waals surface area contributed by atoms with Crippen molar-refractivity contribution in [2.45, 2.75) is 12.0 Å². The number of nitrogens with zero attached hydrogens (tertiary/aromatic N) is 1. The molecule has 116 valence electrons. The topological polar surface area (TPSA) is 57.6 Å². The summed E-state index contributed by atoms with van der Waals surface area (Å²) in [5.74, 6) is 1.49. The molecule has 2 heterocycles. The highest BCUT2D eigenvalue weighted by atomic mass is 35.5. The number of ketones is 1. The third-order valence-corrected chi connectivity index (χ3v) is 5.03. The highest BCUT2D eigenvalue weighted by Gasteiger charge is 2.50. The van der Waals surface area contributed by atoms with Crippen molar-refractivity contribution in [1.29, 1.82) is 0 Å². The average molecular weight is 346 g/mol. The Hall–Kier alpha value is -2.13. The predicted octanol–water partition coefficient (Wildman–Crippen LogP) is 2.84. The number of anilines is 1. The zero-order valence-corrected chi connectivity index (χ0v) is 13.5. The fourth-order valence-electron chi connectivity index (χ4n) is 2.71. The summed E-state index contributed by atoms with van der Waals surface area (Å²) >= 11 is 6.96. The summed E-state index contributed by atoms with van der Waals surface area (Å²) in [5.41, 5.74) is -0.965. The zero-order valence-electron chi connectivity index (χ0n) is 12.0. The summed E-state index contributed by atoms with van der Waals surface area (Å²) in [5, 5.41) is 10.9. The zero-order chi connectivity index (χ0) is 16.6. The summed E-state index contributed by atoms with van der Waals surface area (Å²) < 4.78 is 0.479. The number of rotatable bonds is 4. The van der Waals surface area contributed by atoms with Crippen LogP contribution in [0.15, 0.2) is 36.4 Å². The van der Waals surface area contributed by atoms with Crippen LogP contribution < -0.4 is 4.90 Å². The molecule has 2 aromatic rings. The van der Waals surface area contributed by atoms with Crippen molar-refractivity contribution in [3.05, 3.63) is 51.2 Å². The van der Waals surface area contributed by atoms with Crippen LogP contribution in [0.1, 0.15) is 21.7 Å². The molecule has 0 bridgehead atoms. The Morgan fingerprint density at radius 2 is 2.09 bits per heavy atom. The van der Waals surface area contributed by atoms with Gasteiger partial charge in [0.25, 0.3) is 5.91 Å². The molecule has 4 nitrogen and oxygen atoms in total. The van der Waals surface area contributed by atoms with E-state index in [4.69, 9.17) is 18.0 Å². The molecule has 0 spiro atoms. The number of carbonyl (C=O) groups excluding carboxylic acids is 2. The van der Waals surface area contributed by atoms with E-state index in [0.717, 1.165) is 11.3 Å². The van der Waals surface area contributed by atoms with Crippen LogP contribution in [0, 0.1) is 12.3 Å². The minimum Gasteiger partial charge on any atom is -0.375 e. The lowest BCUT2D eigenvalue weighted by atomic mass is 9.89. The van der Waals surface area contributed by atoms with Gasteiger partial charge >= 0.3 is 0 Å². The second kappa shape index (κ2) is 5.82. The fourth-order valence-corrected chi connectivity index (χ4v) is 3.69. The second-order valence-electron chi connectivity index (χ2n) is 5.18. The number of hydrogen-bond donors (Lipinski definition) is 1. The summed E-state index contributed by atoms with van der Waals surface area (Å²) in [4.78, 5) is 26.8. The average Bonchev–Trinajstić information content (AvgIpc) is 3.05. The van der Waals surface area contributed by atoms with Gasteiger partial charge in [0.2, 0.25) is 0 Å². The molecule has 0 aliphatic carbocycles. The monoisotopic (exact) mass is 345 g/mol. The molecule has 1 aliphatic rings. The highest BCUT2D eigenvalue weighted by Crippen LogP contribution is 2.43. The molecule has 1 aromatic heterocycles. The van der Waals surface area contributed by atoms with Crippen LogP contribution in [0.2, 0.25) is 4.34 Å². The molecule has 1 amide bonds. The third-order valence-electron chi connectivity index (χ3n) is 3.75. The van der Waals surface area contributed by atoms with Gasteiger partial charge in [-0.1, -0.05) is 35.7 Å². The predicted molar refractivity (Wildman–Crippen MR) is 89.8 cm³/mol. The first-order valence-corrected chi connectivity index (χ1v) is 8.02. The Bertz CT molecular complexity index is 838. The third kappa shape index (κ3) is 2.55. The van der Waals surface area contributed by atoms with E-state index in [2.05, 4.69) is 5.92 Å². The van der Waals surface area contributed by atoms with Gasteiger partial charge in [0.15, 0.2) is 11.4 Å². The molecule has 0 unspecified atom stereocenters. The van der Waals surface area contributed by atoms with Crippen molar-refractivity contribution < 1.29 is 14.7 Å². The normalized spacial score (nSPS) is 19.5. The van der Waals surface area contributed by atoms with Gasteiger partial charge in [0, 0.05) is 5.56 Å². The molecule has 1 aromatic carbocycles. The lowest BCUT2D eigenvalue weighted by Crippen LogP contribution is -2.41. The van der Waals surface area contributed by atoms with E-state index in [-0.39, 0.29) is 18.7 Å².